The molecule has 1 unspecified atom stereocenters. The molecular formula is C31H46N2O. The Morgan fingerprint density at radius 1 is 1.03 bits per heavy atom. The van der Waals surface area contributed by atoms with Crippen molar-refractivity contribution in [2.45, 2.75) is 112 Å². The van der Waals surface area contributed by atoms with Gasteiger partial charge in [-0.1, -0.05) is 72.9 Å². The van der Waals surface area contributed by atoms with Crippen molar-refractivity contribution in [1.82, 2.24) is 4.98 Å². The quantitative estimate of drug-likeness (QED) is 0.279. The summed E-state index contributed by atoms with van der Waals surface area (Å²) in [7, 11) is 0. The van der Waals surface area contributed by atoms with E-state index < -0.39 is 5.41 Å². The summed E-state index contributed by atoms with van der Waals surface area (Å²) < 4.78 is 0. The second-order valence-electron chi connectivity index (χ2n) is 9.84. The maximum absolute atomic E-state index is 13.7. The highest BCUT2D eigenvalue weighted by atomic mass is 16.1. The molecule has 0 radical (unpaired) electrons. The number of aromatic nitrogens is 1. The van der Waals surface area contributed by atoms with Gasteiger partial charge in [-0.2, -0.15) is 0 Å². The van der Waals surface area contributed by atoms with Gasteiger partial charge in [0.05, 0.1) is 16.8 Å². The number of ketones is 1. The second-order valence-corrected chi connectivity index (χ2v) is 9.84. The molecule has 3 heteroatoms. The van der Waals surface area contributed by atoms with Gasteiger partial charge < -0.3 is 0 Å². The Hall–Kier alpha value is -2.29. The molecule has 3 nitrogen and oxygen atoms in total. The van der Waals surface area contributed by atoms with E-state index in [0.29, 0.717) is 5.78 Å². The molecular weight excluding hydrogens is 416 g/mol. The number of carbonyl (C=O) groups excluding carboxylic acids is 1. The summed E-state index contributed by atoms with van der Waals surface area (Å²) >= 11 is 0. The topological polar surface area (TPSA) is 42.3 Å². The van der Waals surface area contributed by atoms with Crippen molar-refractivity contribution in [3.05, 3.63) is 46.6 Å². The van der Waals surface area contributed by atoms with E-state index in [-0.39, 0.29) is 5.92 Å². The van der Waals surface area contributed by atoms with Crippen LogP contribution in [0.2, 0.25) is 0 Å². The highest BCUT2D eigenvalue weighted by Crippen LogP contribution is 2.41. The van der Waals surface area contributed by atoms with Crippen molar-refractivity contribution >= 4 is 17.7 Å². The number of carbonyl (C=O) groups is 1. The van der Waals surface area contributed by atoms with Gasteiger partial charge in [0.25, 0.3) is 0 Å². The van der Waals surface area contributed by atoms with Crippen LogP contribution in [0.3, 0.4) is 0 Å². The first-order valence-electron chi connectivity index (χ1n) is 13.5. The molecule has 0 amide bonds. The lowest BCUT2D eigenvalue weighted by atomic mass is 9.66. The number of Topliss-reactive ketones (excluding diaryl/α,β-unsaturated/α-hetero) is 1. The smallest absolute Gasteiger partial charge is 0.146 e. The summed E-state index contributed by atoms with van der Waals surface area (Å²) in [6.45, 7) is 17.2. The summed E-state index contributed by atoms with van der Waals surface area (Å²) in [5.41, 5.74) is 7.33. The van der Waals surface area contributed by atoms with Gasteiger partial charge in [0.2, 0.25) is 0 Å². The van der Waals surface area contributed by atoms with E-state index in [9.17, 15) is 4.79 Å². The minimum absolute atomic E-state index is 0.0756. The van der Waals surface area contributed by atoms with Crippen LogP contribution in [-0.4, -0.2) is 17.0 Å². The zero-order chi connectivity index (χ0) is 25.3. The predicted octanol–water partition coefficient (Wildman–Crippen LogP) is 8.88. The van der Waals surface area contributed by atoms with Gasteiger partial charge in [-0.25, -0.2) is 0 Å². The fourth-order valence-electron chi connectivity index (χ4n) is 5.21. The van der Waals surface area contributed by atoms with E-state index in [0.717, 1.165) is 79.6 Å². The molecule has 0 aliphatic carbocycles. The Labute approximate surface area is 208 Å². The summed E-state index contributed by atoms with van der Waals surface area (Å²) in [5.74, 6) is 0.482. The fourth-order valence-corrected chi connectivity index (χ4v) is 5.21. The van der Waals surface area contributed by atoms with Gasteiger partial charge >= 0.3 is 0 Å². The first-order valence-corrected chi connectivity index (χ1v) is 13.5. The van der Waals surface area contributed by atoms with Crippen molar-refractivity contribution in [3.8, 4) is 11.3 Å². The van der Waals surface area contributed by atoms with Crippen LogP contribution in [-0.2, 0) is 16.6 Å². The van der Waals surface area contributed by atoms with Gasteiger partial charge in [0.1, 0.15) is 5.78 Å². The lowest BCUT2D eigenvalue weighted by molar-refractivity contribution is -0.129. The van der Waals surface area contributed by atoms with E-state index in [1.54, 1.807) is 0 Å². The first kappa shape index (κ1) is 28.0. The van der Waals surface area contributed by atoms with Crippen LogP contribution in [0.15, 0.2) is 29.3 Å². The summed E-state index contributed by atoms with van der Waals surface area (Å²) in [5, 5.41) is 0. The number of unbranched alkanes of at least 4 members (excludes halogenated alkanes) is 1. The van der Waals surface area contributed by atoms with Crippen LogP contribution in [0.4, 0.5) is 5.69 Å². The number of benzene rings is 1. The Balaban J connectivity index is 2.62. The van der Waals surface area contributed by atoms with Crippen molar-refractivity contribution in [2.24, 2.45) is 10.9 Å². The Bertz CT molecular complexity index is 983. The van der Waals surface area contributed by atoms with Gasteiger partial charge in [-0.3, -0.25) is 14.8 Å². The Kier molecular flexibility index (Phi) is 10.7. The van der Waals surface area contributed by atoms with E-state index in [1.165, 1.54) is 11.1 Å². The third kappa shape index (κ3) is 6.03. The van der Waals surface area contributed by atoms with Gasteiger partial charge in [0.15, 0.2) is 0 Å². The van der Waals surface area contributed by atoms with Gasteiger partial charge in [0, 0.05) is 23.4 Å². The summed E-state index contributed by atoms with van der Waals surface area (Å²) in [6.07, 6.45) is 9.68. The van der Waals surface area contributed by atoms with Crippen molar-refractivity contribution in [3.63, 3.8) is 0 Å². The van der Waals surface area contributed by atoms with Crippen LogP contribution in [0.25, 0.3) is 11.3 Å². The zero-order valence-electron chi connectivity index (χ0n) is 22.9. The van der Waals surface area contributed by atoms with Crippen molar-refractivity contribution in [2.75, 3.05) is 0 Å². The largest absolute Gasteiger partial charge is 0.298 e. The molecule has 0 aliphatic rings. The lowest BCUT2D eigenvalue weighted by Crippen LogP contribution is -2.40. The molecule has 0 bridgehead atoms. The second kappa shape index (κ2) is 13.0. The number of rotatable bonds is 13. The Morgan fingerprint density at radius 2 is 1.71 bits per heavy atom. The zero-order valence-corrected chi connectivity index (χ0v) is 22.9. The molecule has 0 spiro atoms. The third-order valence-electron chi connectivity index (χ3n) is 7.25. The van der Waals surface area contributed by atoms with Gasteiger partial charge in [-0.15, -0.1) is 0 Å². The molecule has 1 aromatic carbocycles. The molecule has 1 aromatic heterocycles. The number of hydrogen-bond acceptors (Lipinski definition) is 3. The SMILES string of the molecule is CCCC=Nc1cc(-c2ccc(C(CCC)(CCC)C(=O)C(C)CC)c(C)c2)nc(CC)c1C. The minimum atomic E-state index is -0.396. The number of hydrogen-bond donors (Lipinski definition) is 0. The predicted molar refractivity (Wildman–Crippen MR) is 148 cm³/mol. The lowest BCUT2D eigenvalue weighted by Gasteiger charge is -2.36. The number of pyridine rings is 1. The highest BCUT2D eigenvalue weighted by Gasteiger charge is 2.41. The number of nitrogens with zero attached hydrogens (tertiary/aromatic N) is 2. The molecule has 1 heterocycles. The van der Waals surface area contributed by atoms with E-state index in [2.05, 4.69) is 79.7 Å². The maximum Gasteiger partial charge on any atom is 0.146 e. The Morgan fingerprint density at radius 3 is 2.24 bits per heavy atom. The van der Waals surface area contributed by atoms with Crippen LogP contribution in [0, 0.1) is 19.8 Å². The number of aliphatic imine (C=N–C) groups is 1. The average Bonchev–Trinajstić information content (AvgIpc) is 2.84. The van der Waals surface area contributed by atoms with Gasteiger partial charge in [-0.05, 0) is 74.8 Å². The van der Waals surface area contributed by atoms with E-state index in [4.69, 9.17) is 9.98 Å². The van der Waals surface area contributed by atoms with Crippen LogP contribution >= 0.6 is 0 Å². The molecule has 1 atom stereocenters. The molecule has 2 rings (SSSR count). The number of aryl methyl sites for hydroxylation is 2. The summed E-state index contributed by atoms with van der Waals surface area (Å²) in [6, 6.07) is 8.73. The molecule has 0 aliphatic heterocycles. The molecule has 0 fully saturated rings. The maximum atomic E-state index is 13.7. The molecule has 186 valence electrons. The third-order valence-corrected chi connectivity index (χ3v) is 7.25. The molecule has 34 heavy (non-hydrogen) atoms. The minimum Gasteiger partial charge on any atom is -0.298 e. The summed E-state index contributed by atoms with van der Waals surface area (Å²) in [4.78, 5) is 23.5. The van der Waals surface area contributed by atoms with Crippen molar-refractivity contribution < 1.29 is 4.79 Å². The normalized spacial score (nSPS) is 12.9. The fraction of sp³-hybridized carbons (Fsp3) is 0.581. The molecule has 0 N–H and O–H groups in total. The van der Waals surface area contributed by atoms with E-state index >= 15 is 0 Å². The standard InChI is InChI=1S/C31H46N2O/c1-9-14-19-32-28-21-29(33-27(13-5)24(28)8)25-15-16-26(23(7)20-25)31(17-10-2,18-11-3)30(34)22(6)12-4/h15-16,19-22H,9-14,17-18H2,1-8H3. The first-order chi connectivity index (χ1) is 16.3. The van der Waals surface area contributed by atoms with Crippen LogP contribution in [0.5, 0.6) is 0 Å². The molecule has 2 aromatic rings. The monoisotopic (exact) mass is 462 g/mol. The van der Waals surface area contributed by atoms with Crippen LogP contribution in [0.1, 0.15) is 109 Å². The highest BCUT2D eigenvalue weighted by molar-refractivity contribution is 5.92. The molecule has 0 saturated carbocycles. The average molecular weight is 463 g/mol. The molecule has 0 saturated heterocycles. The van der Waals surface area contributed by atoms with Crippen LogP contribution < -0.4 is 0 Å². The van der Waals surface area contributed by atoms with E-state index in [1.807, 2.05) is 6.21 Å². The van der Waals surface area contributed by atoms with Crippen molar-refractivity contribution in [1.29, 1.82) is 0 Å².